The molecular weight excluding hydrogens is 321 g/mol. The molecule has 0 saturated carbocycles. The molecule has 0 aromatic heterocycles. The van der Waals surface area contributed by atoms with Gasteiger partial charge in [-0.3, -0.25) is 4.79 Å². The van der Waals surface area contributed by atoms with E-state index >= 15 is 0 Å². The molecule has 1 aliphatic heterocycles. The summed E-state index contributed by atoms with van der Waals surface area (Å²) in [6.07, 6.45) is 0.559. The van der Waals surface area contributed by atoms with Crippen LogP contribution in [0, 0.1) is 5.82 Å². The van der Waals surface area contributed by atoms with Crippen molar-refractivity contribution in [3.05, 3.63) is 29.6 Å². The number of ether oxygens (including phenoxy) is 1. The van der Waals surface area contributed by atoms with Gasteiger partial charge < -0.3 is 9.64 Å². The monoisotopic (exact) mass is 335 g/mol. The number of likely N-dealkylation sites (N-methyl/N-ethyl adjacent to an activating group) is 1. The van der Waals surface area contributed by atoms with Gasteiger partial charge >= 0.3 is 0 Å². The van der Waals surface area contributed by atoms with Crippen LogP contribution in [0.2, 0.25) is 0 Å². The third-order valence-corrected chi connectivity index (χ3v) is 4.96. The van der Waals surface area contributed by atoms with E-state index in [-0.39, 0.29) is 22.6 Å². The molecule has 1 aromatic rings. The Morgan fingerprint density at radius 3 is 2.62 bits per heavy atom. The average molecular weight is 336 g/mol. The van der Waals surface area contributed by atoms with Crippen LogP contribution in [0.4, 0.5) is 4.39 Å². The number of benzene rings is 1. The maximum atomic E-state index is 14.0. The van der Waals surface area contributed by atoms with Crippen LogP contribution in [-0.2, 0) is 13.8 Å². The summed E-state index contributed by atoms with van der Waals surface area (Å²) >= 11 is 0. The molecular formula is C13H15ClFNO4S. The van der Waals surface area contributed by atoms with E-state index in [1.54, 1.807) is 7.05 Å². The molecule has 1 amide bonds. The molecule has 2 rings (SSSR count). The molecule has 0 aliphatic carbocycles. The van der Waals surface area contributed by atoms with E-state index in [4.69, 9.17) is 15.4 Å². The Kier molecular flexibility index (Phi) is 4.55. The zero-order valence-electron chi connectivity index (χ0n) is 11.5. The zero-order valence-corrected chi connectivity index (χ0v) is 13.1. The van der Waals surface area contributed by atoms with Gasteiger partial charge in [0.2, 0.25) is 0 Å². The normalized spacial score (nSPS) is 22.3. The van der Waals surface area contributed by atoms with Crippen LogP contribution < -0.4 is 0 Å². The number of carbonyl (C=O) groups excluding carboxylic acids is 1. The maximum Gasteiger partial charge on any atom is 0.261 e. The van der Waals surface area contributed by atoms with E-state index in [9.17, 15) is 17.6 Å². The van der Waals surface area contributed by atoms with Gasteiger partial charge in [0.15, 0.2) is 0 Å². The van der Waals surface area contributed by atoms with Gasteiger partial charge in [0.25, 0.3) is 15.0 Å². The summed E-state index contributed by atoms with van der Waals surface area (Å²) in [6, 6.07) is 2.86. The first kappa shape index (κ1) is 16.2. The standard InChI is InChI=1S/C13H15ClFNO4S/c1-8-12(5-6-20-8)16(2)13(17)10-4-3-9(7-11(10)15)21(14,18)19/h3-4,7-8,12H,5-6H2,1-2H3. The fourth-order valence-corrected chi connectivity index (χ4v) is 3.15. The lowest BCUT2D eigenvalue weighted by Crippen LogP contribution is -2.41. The second-order valence-electron chi connectivity index (χ2n) is 4.93. The molecule has 116 valence electrons. The lowest BCUT2D eigenvalue weighted by atomic mass is 10.1. The van der Waals surface area contributed by atoms with Crippen molar-refractivity contribution in [3.8, 4) is 0 Å². The van der Waals surface area contributed by atoms with Crippen molar-refractivity contribution in [1.29, 1.82) is 0 Å². The topological polar surface area (TPSA) is 63.7 Å². The highest BCUT2D eigenvalue weighted by molar-refractivity contribution is 8.13. The van der Waals surface area contributed by atoms with Crippen LogP contribution in [0.3, 0.4) is 0 Å². The van der Waals surface area contributed by atoms with Crippen LogP contribution >= 0.6 is 10.7 Å². The number of rotatable bonds is 3. The van der Waals surface area contributed by atoms with Crippen molar-refractivity contribution < 1.29 is 22.3 Å². The van der Waals surface area contributed by atoms with Crippen molar-refractivity contribution in [2.75, 3.05) is 13.7 Å². The molecule has 1 saturated heterocycles. The van der Waals surface area contributed by atoms with Crippen LogP contribution in [0.15, 0.2) is 23.1 Å². The van der Waals surface area contributed by atoms with Crippen LogP contribution in [-0.4, -0.2) is 45.0 Å². The number of nitrogens with zero attached hydrogens (tertiary/aromatic N) is 1. The van der Waals surface area contributed by atoms with Crippen LogP contribution in [0.25, 0.3) is 0 Å². The minimum absolute atomic E-state index is 0.121. The Hall–Kier alpha value is -1.18. The molecule has 0 N–H and O–H groups in total. The minimum atomic E-state index is -4.03. The maximum absolute atomic E-state index is 14.0. The summed E-state index contributed by atoms with van der Waals surface area (Å²) in [7, 11) is 2.69. The molecule has 0 bridgehead atoms. The summed E-state index contributed by atoms with van der Waals surface area (Å²) in [6.45, 7) is 2.40. The summed E-state index contributed by atoms with van der Waals surface area (Å²) in [5.74, 6) is -1.44. The van der Waals surface area contributed by atoms with E-state index in [1.807, 2.05) is 6.92 Å². The summed E-state index contributed by atoms with van der Waals surface area (Å²) in [5, 5.41) is 0. The van der Waals surface area contributed by atoms with E-state index in [0.29, 0.717) is 13.0 Å². The van der Waals surface area contributed by atoms with Gasteiger partial charge in [-0.25, -0.2) is 12.8 Å². The number of halogens is 2. The molecule has 5 nitrogen and oxygen atoms in total. The van der Waals surface area contributed by atoms with E-state index in [2.05, 4.69) is 0 Å². The van der Waals surface area contributed by atoms with Crippen molar-refractivity contribution >= 4 is 25.6 Å². The third kappa shape index (κ3) is 3.36. The fraction of sp³-hybridized carbons (Fsp3) is 0.462. The molecule has 2 unspecified atom stereocenters. The number of hydrogen-bond acceptors (Lipinski definition) is 4. The first-order valence-corrected chi connectivity index (χ1v) is 8.65. The lowest BCUT2D eigenvalue weighted by molar-refractivity contribution is 0.0570. The van der Waals surface area contributed by atoms with Gasteiger partial charge in [0.05, 0.1) is 22.6 Å². The van der Waals surface area contributed by atoms with Gasteiger partial charge in [-0.1, -0.05) is 0 Å². The highest BCUT2D eigenvalue weighted by Crippen LogP contribution is 2.23. The molecule has 0 radical (unpaired) electrons. The van der Waals surface area contributed by atoms with E-state index in [0.717, 1.165) is 18.2 Å². The highest BCUT2D eigenvalue weighted by Gasteiger charge is 2.32. The van der Waals surface area contributed by atoms with Crippen molar-refractivity contribution in [2.45, 2.75) is 30.4 Å². The second-order valence-corrected chi connectivity index (χ2v) is 7.49. The summed E-state index contributed by atoms with van der Waals surface area (Å²) in [4.78, 5) is 13.4. The Morgan fingerprint density at radius 2 is 2.14 bits per heavy atom. The predicted molar refractivity (Wildman–Crippen MR) is 75.4 cm³/mol. The molecule has 1 heterocycles. The van der Waals surface area contributed by atoms with Crippen molar-refractivity contribution in [2.24, 2.45) is 0 Å². The van der Waals surface area contributed by atoms with Crippen LogP contribution in [0.1, 0.15) is 23.7 Å². The molecule has 0 spiro atoms. The van der Waals surface area contributed by atoms with Crippen LogP contribution in [0.5, 0.6) is 0 Å². The number of carbonyl (C=O) groups is 1. The van der Waals surface area contributed by atoms with Gasteiger partial charge in [-0.05, 0) is 31.5 Å². The van der Waals surface area contributed by atoms with Crippen molar-refractivity contribution in [1.82, 2.24) is 4.90 Å². The van der Waals surface area contributed by atoms with E-state index in [1.165, 1.54) is 4.90 Å². The first-order chi connectivity index (χ1) is 9.71. The molecule has 1 aliphatic rings. The quantitative estimate of drug-likeness (QED) is 0.793. The van der Waals surface area contributed by atoms with Gasteiger partial charge in [0, 0.05) is 24.3 Å². The molecule has 21 heavy (non-hydrogen) atoms. The van der Waals surface area contributed by atoms with Crippen molar-refractivity contribution in [3.63, 3.8) is 0 Å². The molecule has 2 atom stereocenters. The Bertz CT molecular complexity index is 664. The third-order valence-electron chi connectivity index (χ3n) is 3.61. The largest absolute Gasteiger partial charge is 0.376 e. The Balaban J connectivity index is 2.27. The van der Waals surface area contributed by atoms with Gasteiger partial charge in [0.1, 0.15) is 5.82 Å². The zero-order chi connectivity index (χ0) is 15.8. The molecule has 1 aromatic carbocycles. The lowest BCUT2D eigenvalue weighted by Gasteiger charge is -2.27. The number of hydrogen-bond donors (Lipinski definition) is 0. The van der Waals surface area contributed by atoms with Gasteiger partial charge in [-0.2, -0.15) is 0 Å². The summed E-state index contributed by atoms with van der Waals surface area (Å²) in [5.41, 5.74) is -0.194. The Morgan fingerprint density at radius 1 is 1.48 bits per heavy atom. The SMILES string of the molecule is CC1OCCC1N(C)C(=O)c1ccc(S(=O)(=O)Cl)cc1F. The van der Waals surface area contributed by atoms with Gasteiger partial charge in [-0.15, -0.1) is 0 Å². The molecule has 8 heteroatoms. The fourth-order valence-electron chi connectivity index (χ4n) is 2.39. The Labute approximate surface area is 127 Å². The summed E-state index contributed by atoms with van der Waals surface area (Å²) < 4.78 is 41.6. The second kappa shape index (κ2) is 5.90. The smallest absolute Gasteiger partial charge is 0.261 e. The average Bonchev–Trinajstić information content (AvgIpc) is 2.82. The number of amides is 1. The van der Waals surface area contributed by atoms with E-state index < -0.39 is 20.8 Å². The predicted octanol–water partition coefficient (Wildman–Crippen LogP) is 2.00. The highest BCUT2D eigenvalue weighted by atomic mass is 35.7. The minimum Gasteiger partial charge on any atom is -0.376 e. The molecule has 1 fully saturated rings. The first-order valence-electron chi connectivity index (χ1n) is 6.35.